The molecule has 122 valence electrons. The molecule has 1 N–H and O–H groups in total. The number of hydrogen-bond acceptors (Lipinski definition) is 3. The normalized spacial score (nSPS) is 15.5. The molecule has 0 aliphatic heterocycles. The van der Waals surface area contributed by atoms with Gasteiger partial charge in [0.25, 0.3) is 0 Å². The van der Waals surface area contributed by atoms with E-state index in [1.54, 1.807) is 12.1 Å². The first-order valence-electron chi connectivity index (χ1n) is 7.84. The topological polar surface area (TPSA) is 38.3 Å². The van der Waals surface area contributed by atoms with Crippen molar-refractivity contribution in [2.45, 2.75) is 58.6 Å². The fraction of sp³-hybridized carbons (Fsp3) is 0.588. The molecule has 0 saturated heterocycles. The molecule has 1 aromatic rings. The van der Waals surface area contributed by atoms with Gasteiger partial charge < -0.3 is 10.1 Å². The molecule has 1 aromatic carbocycles. The molecule has 2 rings (SSSR count). The number of hydrogen-bond donors (Lipinski definition) is 1. The van der Waals surface area contributed by atoms with Crippen molar-refractivity contribution in [3.05, 3.63) is 23.8 Å². The molecular weight excluding hydrogens is 288 g/mol. The minimum atomic E-state index is -2.87. The third-order valence-corrected chi connectivity index (χ3v) is 3.83. The molecule has 3 nitrogen and oxygen atoms in total. The average Bonchev–Trinajstić information content (AvgIpc) is 2.92. The van der Waals surface area contributed by atoms with Gasteiger partial charge in [0.15, 0.2) is 5.78 Å². The van der Waals surface area contributed by atoms with Gasteiger partial charge in [-0.1, -0.05) is 26.7 Å². The van der Waals surface area contributed by atoms with Crippen LogP contribution in [0.1, 0.15) is 56.3 Å². The number of carbonyl (C=O) groups excluding carboxylic acids is 1. The van der Waals surface area contributed by atoms with Crippen LogP contribution in [0, 0.1) is 5.92 Å². The number of alkyl halides is 2. The highest BCUT2D eigenvalue weighted by Crippen LogP contribution is 2.31. The van der Waals surface area contributed by atoms with E-state index in [1.165, 1.54) is 6.07 Å². The van der Waals surface area contributed by atoms with Crippen molar-refractivity contribution in [2.75, 3.05) is 5.32 Å². The van der Waals surface area contributed by atoms with Crippen molar-refractivity contribution in [3.63, 3.8) is 0 Å². The van der Waals surface area contributed by atoms with Gasteiger partial charge in [0, 0.05) is 18.0 Å². The van der Waals surface area contributed by atoms with E-state index in [0.29, 0.717) is 17.7 Å². The van der Waals surface area contributed by atoms with Crippen LogP contribution in [0.2, 0.25) is 0 Å². The van der Waals surface area contributed by atoms with E-state index < -0.39 is 6.61 Å². The Morgan fingerprint density at radius 2 is 2.00 bits per heavy atom. The molecular formula is C17H23F2NO2. The molecule has 0 atom stereocenters. The molecule has 0 bridgehead atoms. The lowest BCUT2D eigenvalue weighted by Gasteiger charge is -2.18. The van der Waals surface area contributed by atoms with E-state index in [9.17, 15) is 13.6 Å². The molecule has 0 aromatic heterocycles. The van der Waals surface area contributed by atoms with Gasteiger partial charge in [-0.15, -0.1) is 0 Å². The van der Waals surface area contributed by atoms with Gasteiger partial charge in [0.1, 0.15) is 5.75 Å². The average molecular weight is 311 g/mol. The summed E-state index contributed by atoms with van der Waals surface area (Å²) in [5, 5.41) is 3.25. The van der Waals surface area contributed by atoms with Crippen LogP contribution in [-0.4, -0.2) is 18.4 Å². The Kier molecular flexibility index (Phi) is 5.75. The molecule has 0 amide bonds. The maximum atomic E-state index is 12.5. The van der Waals surface area contributed by atoms with Crippen molar-refractivity contribution in [1.29, 1.82) is 0 Å². The first kappa shape index (κ1) is 16.7. The largest absolute Gasteiger partial charge is 0.433 e. The van der Waals surface area contributed by atoms with Crippen LogP contribution in [0.4, 0.5) is 14.5 Å². The number of ketones is 1. The van der Waals surface area contributed by atoms with Crippen molar-refractivity contribution >= 4 is 11.5 Å². The van der Waals surface area contributed by atoms with Crippen LogP contribution in [0.3, 0.4) is 0 Å². The van der Waals surface area contributed by atoms with Crippen molar-refractivity contribution < 1.29 is 18.3 Å². The maximum Gasteiger partial charge on any atom is 0.387 e. The van der Waals surface area contributed by atoms with Crippen LogP contribution < -0.4 is 10.1 Å². The monoisotopic (exact) mass is 311 g/mol. The summed E-state index contributed by atoms with van der Waals surface area (Å²) < 4.78 is 29.6. The second-order valence-corrected chi connectivity index (χ2v) is 6.24. The fourth-order valence-electron chi connectivity index (χ4n) is 2.79. The zero-order chi connectivity index (χ0) is 16.1. The molecule has 1 saturated carbocycles. The highest BCUT2D eigenvalue weighted by molar-refractivity contribution is 5.97. The van der Waals surface area contributed by atoms with Gasteiger partial charge in [0.05, 0.1) is 5.69 Å². The quantitative estimate of drug-likeness (QED) is 0.730. The molecule has 5 heteroatoms. The number of benzene rings is 1. The molecule has 1 aliphatic rings. The Labute approximate surface area is 130 Å². The Hall–Kier alpha value is -1.65. The number of rotatable bonds is 7. The van der Waals surface area contributed by atoms with Crippen molar-refractivity contribution in [2.24, 2.45) is 5.92 Å². The predicted molar refractivity (Wildman–Crippen MR) is 82.7 cm³/mol. The van der Waals surface area contributed by atoms with Gasteiger partial charge in [0.2, 0.25) is 0 Å². The first-order chi connectivity index (χ1) is 10.5. The number of ether oxygens (including phenoxy) is 1. The third-order valence-electron chi connectivity index (χ3n) is 3.83. The summed E-state index contributed by atoms with van der Waals surface area (Å²) in [6.45, 7) is 1.08. The summed E-state index contributed by atoms with van der Waals surface area (Å²) in [4.78, 5) is 12.2. The zero-order valence-corrected chi connectivity index (χ0v) is 13.1. The van der Waals surface area contributed by atoms with E-state index >= 15 is 0 Å². The Morgan fingerprint density at radius 1 is 1.32 bits per heavy atom. The number of anilines is 1. The molecule has 1 fully saturated rings. The van der Waals surface area contributed by atoms with Gasteiger partial charge in [-0.2, -0.15) is 8.78 Å². The zero-order valence-electron chi connectivity index (χ0n) is 13.1. The molecule has 22 heavy (non-hydrogen) atoms. The summed E-state index contributed by atoms with van der Waals surface area (Å²) in [7, 11) is 0. The Bertz CT molecular complexity index is 511. The minimum Gasteiger partial charge on any atom is -0.433 e. The Morgan fingerprint density at radius 3 is 2.59 bits per heavy atom. The third kappa shape index (κ3) is 4.68. The van der Waals surface area contributed by atoms with Crippen LogP contribution in [-0.2, 0) is 0 Å². The summed E-state index contributed by atoms with van der Waals surface area (Å²) in [6.07, 6.45) is 4.73. The summed E-state index contributed by atoms with van der Waals surface area (Å²) in [5.41, 5.74) is 1.03. The van der Waals surface area contributed by atoms with Gasteiger partial charge in [-0.05, 0) is 37.0 Å². The number of carbonyl (C=O) groups is 1. The van der Waals surface area contributed by atoms with Crippen LogP contribution in [0.25, 0.3) is 0 Å². The van der Waals surface area contributed by atoms with Crippen LogP contribution >= 0.6 is 0 Å². The van der Waals surface area contributed by atoms with Crippen LogP contribution in [0.15, 0.2) is 18.2 Å². The summed E-state index contributed by atoms with van der Waals surface area (Å²) in [6, 6.07) is 4.91. The van der Waals surface area contributed by atoms with E-state index in [0.717, 1.165) is 25.7 Å². The van der Waals surface area contributed by atoms with Crippen LogP contribution in [0.5, 0.6) is 5.75 Å². The van der Waals surface area contributed by atoms with E-state index in [1.807, 2.05) is 13.8 Å². The van der Waals surface area contributed by atoms with Gasteiger partial charge in [-0.3, -0.25) is 4.79 Å². The lowest BCUT2D eigenvalue weighted by Crippen LogP contribution is -2.17. The first-order valence-corrected chi connectivity index (χ1v) is 7.84. The summed E-state index contributed by atoms with van der Waals surface area (Å²) >= 11 is 0. The lowest BCUT2D eigenvalue weighted by atomic mass is 10.0. The predicted octanol–water partition coefficient (Wildman–Crippen LogP) is 4.87. The second-order valence-electron chi connectivity index (χ2n) is 6.24. The Balaban J connectivity index is 2.21. The highest BCUT2D eigenvalue weighted by Gasteiger charge is 2.19. The smallest absolute Gasteiger partial charge is 0.387 e. The summed E-state index contributed by atoms with van der Waals surface area (Å²) in [5.74, 6) is 0.381. The molecule has 0 radical (unpaired) electrons. The number of Topliss-reactive ketones (excluding diaryl/α,β-unsaturated/α-hetero) is 1. The second kappa shape index (κ2) is 7.56. The van der Waals surface area contributed by atoms with E-state index in [-0.39, 0.29) is 23.5 Å². The molecule has 1 aliphatic carbocycles. The molecule has 0 heterocycles. The SMILES string of the molecule is CC(C)CC(=O)c1ccc(OC(F)F)c(NC2CCCC2)c1. The maximum absolute atomic E-state index is 12.5. The van der Waals surface area contributed by atoms with E-state index in [2.05, 4.69) is 10.1 Å². The number of halogens is 2. The molecule has 0 spiro atoms. The minimum absolute atomic E-state index is 0.0214. The lowest BCUT2D eigenvalue weighted by molar-refractivity contribution is -0.0493. The van der Waals surface area contributed by atoms with E-state index in [4.69, 9.17) is 0 Å². The van der Waals surface area contributed by atoms with Crippen molar-refractivity contribution in [1.82, 2.24) is 0 Å². The highest BCUT2D eigenvalue weighted by atomic mass is 19.3. The number of nitrogens with one attached hydrogen (secondary N) is 1. The van der Waals surface area contributed by atoms with Gasteiger partial charge in [-0.25, -0.2) is 0 Å². The fourth-order valence-corrected chi connectivity index (χ4v) is 2.79. The standard InChI is InChI=1S/C17H23F2NO2/c1-11(2)9-15(21)12-7-8-16(22-17(18)19)14(10-12)20-13-5-3-4-6-13/h7-8,10-11,13,17,20H,3-6,9H2,1-2H3. The molecule has 0 unspecified atom stereocenters. The van der Waals surface area contributed by atoms with Crippen molar-refractivity contribution in [3.8, 4) is 5.75 Å². The van der Waals surface area contributed by atoms with Gasteiger partial charge >= 0.3 is 6.61 Å².